The van der Waals surface area contributed by atoms with Crippen LogP contribution in [0.15, 0.2) is 48.8 Å². The molecule has 0 unspecified atom stereocenters. The summed E-state index contributed by atoms with van der Waals surface area (Å²) in [5, 5.41) is 12.6. The van der Waals surface area contributed by atoms with E-state index in [0.29, 0.717) is 28.7 Å². The van der Waals surface area contributed by atoms with Crippen LogP contribution in [0.2, 0.25) is 0 Å². The summed E-state index contributed by atoms with van der Waals surface area (Å²) in [6, 6.07) is 11.9. The number of benzene rings is 1. The maximum Gasteiger partial charge on any atom is 0.228 e. The molecule has 4 aromatic heterocycles. The van der Waals surface area contributed by atoms with Gasteiger partial charge in [0.1, 0.15) is 5.82 Å². The highest BCUT2D eigenvalue weighted by atomic mass is 19.1. The maximum atomic E-state index is 15.0. The Balaban J connectivity index is 1.21. The van der Waals surface area contributed by atoms with Crippen molar-refractivity contribution < 1.29 is 4.39 Å². The van der Waals surface area contributed by atoms with Crippen molar-refractivity contribution in [2.24, 2.45) is 0 Å². The first-order chi connectivity index (χ1) is 17.2. The van der Waals surface area contributed by atoms with Crippen molar-refractivity contribution in [3.8, 4) is 11.4 Å². The van der Waals surface area contributed by atoms with Gasteiger partial charge in [0.05, 0.1) is 17.9 Å². The Morgan fingerprint density at radius 2 is 2.06 bits per heavy atom. The number of hydrogen-bond donors (Lipinski definition) is 3. The molecule has 0 saturated carbocycles. The van der Waals surface area contributed by atoms with E-state index in [0.717, 1.165) is 38.6 Å². The lowest BCUT2D eigenvalue weighted by Crippen LogP contribution is -2.29. The van der Waals surface area contributed by atoms with Crippen molar-refractivity contribution in [2.45, 2.75) is 44.2 Å². The Morgan fingerprint density at radius 3 is 2.94 bits per heavy atom. The van der Waals surface area contributed by atoms with Gasteiger partial charge in [-0.15, -0.1) is 0 Å². The first-order valence-corrected chi connectivity index (χ1v) is 12.2. The van der Waals surface area contributed by atoms with Crippen molar-refractivity contribution in [3.63, 3.8) is 0 Å². The van der Waals surface area contributed by atoms with E-state index in [4.69, 9.17) is 4.98 Å². The van der Waals surface area contributed by atoms with Crippen molar-refractivity contribution >= 4 is 22.5 Å². The Hall–Kier alpha value is -3.85. The SMILES string of the molecule is Fc1cc(-c2nc(N[C@@H]3CCc4[nH]c5ccccc5c4C3)n3nccc3n2)cnc1[C@H]1CCCN1. The van der Waals surface area contributed by atoms with E-state index < -0.39 is 0 Å². The van der Waals surface area contributed by atoms with Crippen LogP contribution in [0.25, 0.3) is 27.9 Å². The van der Waals surface area contributed by atoms with Crippen LogP contribution in [-0.2, 0) is 12.8 Å². The highest BCUT2D eigenvalue weighted by Crippen LogP contribution is 2.31. The van der Waals surface area contributed by atoms with E-state index in [-0.39, 0.29) is 17.9 Å². The third-order valence-corrected chi connectivity index (χ3v) is 7.20. The van der Waals surface area contributed by atoms with Gasteiger partial charge in [-0.3, -0.25) is 4.98 Å². The second kappa shape index (κ2) is 8.13. The lowest BCUT2D eigenvalue weighted by Gasteiger charge is -2.24. The molecule has 3 N–H and O–H groups in total. The molecule has 5 heterocycles. The molecule has 1 aliphatic heterocycles. The smallest absolute Gasteiger partial charge is 0.228 e. The van der Waals surface area contributed by atoms with Crippen molar-refractivity contribution in [3.05, 3.63) is 71.6 Å². The largest absolute Gasteiger partial charge is 0.358 e. The zero-order chi connectivity index (χ0) is 23.4. The van der Waals surface area contributed by atoms with Crippen molar-refractivity contribution in [2.75, 3.05) is 11.9 Å². The number of nitrogens with zero attached hydrogens (tertiary/aromatic N) is 5. The minimum absolute atomic E-state index is 0.0276. The standard InChI is InChI=1S/C26H25FN8/c27-19-12-15(14-29-24(19)22-6-3-10-28-22)25-33-23-9-11-30-35(23)26(34-25)31-16-7-8-21-18(13-16)17-4-1-2-5-20(17)32-21/h1-2,4-5,9,11-12,14,16,22,28,32H,3,6-8,10,13H2,(H,31,33,34)/t16-,22-/m1/s1. The van der Waals surface area contributed by atoms with Gasteiger partial charge in [-0.2, -0.15) is 14.6 Å². The van der Waals surface area contributed by atoms with Crippen LogP contribution in [0.1, 0.15) is 42.3 Å². The Morgan fingerprint density at radius 1 is 1.11 bits per heavy atom. The predicted molar refractivity (Wildman–Crippen MR) is 132 cm³/mol. The molecular weight excluding hydrogens is 443 g/mol. The number of anilines is 1. The summed E-state index contributed by atoms with van der Waals surface area (Å²) in [7, 11) is 0. The van der Waals surface area contributed by atoms with Crippen LogP contribution in [0.3, 0.4) is 0 Å². The van der Waals surface area contributed by atoms with Gasteiger partial charge >= 0.3 is 0 Å². The number of aromatic nitrogens is 6. The first-order valence-electron chi connectivity index (χ1n) is 12.2. The fraction of sp³-hybridized carbons (Fsp3) is 0.308. The average molecular weight is 469 g/mol. The second-order valence-electron chi connectivity index (χ2n) is 9.42. The number of para-hydroxylation sites is 1. The number of halogens is 1. The molecule has 1 fully saturated rings. The lowest BCUT2D eigenvalue weighted by atomic mass is 9.91. The zero-order valence-electron chi connectivity index (χ0n) is 19.1. The van der Waals surface area contributed by atoms with Crippen LogP contribution in [0, 0.1) is 5.82 Å². The van der Waals surface area contributed by atoms with Gasteiger partial charge in [-0.05, 0) is 56.3 Å². The van der Waals surface area contributed by atoms with Crippen LogP contribution in [-0.4, -0.2) is 42.1 Å². The molecule has 8 nitrogen and oxygen atoms in total. The molecule has 35 heavy (non-hydrogen) atoms. The molecule has 5 aromatic rings. The summed E-state index contributed by atoms with van der Waals surface area (Å²) in [5.41, 5.74) is 5.53. The highest BCUT2D eigenvalue weighted by Gasteiger charge is 2.25. The molecule has 7 rings (SSSR count). The number of aryl methyl sites for hydroxylation is 1. The molecule has 0 amide bonds. The fourth-order valence-corrected chi connectivity index (χ4v) is 5.47. The number of fused-ring (bicyclic) bond motifs is 4. The molecule has 9 heteroatoms. The predicted octanol–water partition coefficient (Wildman–Crippen LogP) is 4.20. The third-order valence-electron chi connectivity index (χ3n) is 7.20. The molecule has 0 bridgehead atoms. The van der Waals surface area contributed by atoms with Gasteiger partial charge in [0, 0.05) is 40.5 Å². The number of rotatable bonds is 4. The van der Waals surface area contributed by atoms with E-state index in [2.05, 4.69) is 54.9 Å². The summed E-state index contributed by atoms with van der Waals surface area (Å²) in [5.74, 6) is 0.708. The normalized spacial score (nSPS) is 19.9. The number of pyridine rings is 1. The first kappa shape index (κ1) is 20.5. The number of hydrogen-bond acceptors (Lipinski definition) is 6. The number of aromatic amines is 1. The topological polar surface area (TPSA) is 95.8 Å². The molecule has 2 aliphatic rings. The van der Waals surface area contributed by atoms with Crippen LogP contribution in [0.5, 0.6) is 0 Å². The van der Waals surface area contributed by atoms with E-state index in [1.54, 1.807) is 16.9 Å². The van der Waals surface area contributed by atoms with Gasteiger partial charge in [0.2, 0.25) is 5.95 Å². The molecule has 2 atom stereocenters. The fourth-order valence-electron chi connectivity index (χ4n) is 5.47. The van der Waals surface area contributed by atoms with E-state index in [9.17, 15) is 4.39 Å². The van der Waals surface area contributed by atoms with Gasteiger partial charge in [-0.25, -0.2) is 9.37 Å². The third kappa shape index (κ3) is 3.54. The lowest BCUT2D eigenvalue weighted by molar-refractivity contribution is 0.541. The van der Waals surface area contributed by atoms with Crippen LogP contribution in [0.4, 0.5) is 10.3 Å². The molecule has 0 spiro atoms. The summed E-state index contributed by atoms with van der Waals surface area (Å²) in [6.07, 6.45) is 8.13. The molecule has 0 radical (unpaired) electrons. The van der Waals surface area contributed by atoms with Gasteiger partial charge in [0.25, 0.3) is 0 Å². The highest BCUT2D eigenvalue weighted by molar-refractivity contribution is 5.85. The molecule has 1 aliphatic carbocycles. The van der Waals surface area contributed by atoms with E-state index in [1.165, 1.54) is 28.2 Å². The Labute approximate surface area is 201 Å². The summed E-state index contributed by atoms with van der Waals surface area (Å²) >= 11 is 0. The average Bonchev–Trinajstić information content (AvgIpc) is 3.63. The van der Waals surface area contributed by atoms with E-state index in [1.807, 2.05) is 6.07 Å². The number of nitrogens with one attached hydrogen (secondary N) is 3. The minimum Gasteiger partial charge on any atom is -0.358 e. The number of H-pyrrole nitrogens is 1. The quantitative estimate of drug-likeness (QED) is 0.366. The summed E-state index contributed by atoms with van der Waals surface area (Å²) < 4.78 is 16.7. The van der Waals surface area contributed by atoms with Gasteiger partial charge in [0.15, 0.2) is 11.5 Å². The van der Waals surface area contributed by atoms with Crippen LogP contribution < -0.4 is 10.6 Å². The molecular formula is C26H25FN8. The monoisotopic (exact) mass is 468 g/mol. The van der Waals surface area contributed by atoms with Crippen LogP contribution >= 0.6 is 0 Å². The Bertz CT molecular complexity index is 1550. The van der Waals surface area contributed by atoms with Gasteiger partial charge in [-0.1, -0.05) is 18.2 Å². The minimum atomic E-state index is -0.326. The summed E-state index contributed by atoms with van der Waals surface area (Å²) in [6.45, 7) is 0.894. The molecule has 1 aromatic carbocycles. The Kier molecular flexibility index (Phi) is 4.76. The maximum absolute atomic E-state index is 15.0. The zero-order valence-corrected chi connectivity index (χ0v) is 19.1. The van der Waals surface area contributed by atoms with E-state index >= 15 is 0 Å². The summed E-state index contributed by atoms with van der Waals surface area (Å²) in [4.78, 5) is 17.4. The van der Waals surface area contributed by atoms with Crippen molar-refractivity contribution in [1.29, 1.82) is 0 Å². The molecule has 176 valence electrons. The van der Waals surface area contributed by atoms with Crippen molar-refractivity contribution in [1.82, 2.24) is 34.9 Å². The molecule has 1 saturated heterocycles. The second-order valence-corrected chi connectivity index (χ2v) is 9.42. The van der Waals surface area contributed by atoms with Gasteiger partial charge < -0.3 is 15.6 Å².